The molecule has 2 nitrogen and oxygen atoms in total. The summed E-state index contributed by atoms with van der Waals surface area (Å²) in [4.78, 5) is 12.0. The van der Waals surface area contributed by atoms with E-state index >= 15 is 0 Å². The van der Waals surface area contributed by atoms with E-state index in [1.165, 1.54) is 0 Å². The maximum absolute atomic E-state index is 12.4. The van der Waals surface area contributed by atoms with Crippen molar-refractivity contribution in [3.05, 3.63) is 0 Å². The zero-order valence-corrected chi connectivity index (χ0v) is 8.08. The molecule has 0 aromatic carbocycles. The topological polar surface area (TPSA) is 20.3 Å². The van der Waals surface area contributed by atoms with Crippen molar-refractivity contribution < 1.29 is 16.3 Å². The number of hydrogen-bond acceptors (Lipinski definition) is 1. The fraction of sp³-hybridized carbons (Fsp3) is 0.857. The Bertz CT molecular complexity index is 267. The van der Waals surface area contributed by atoms with Crippen LogP contribution in [-0.2, 0) is 4.79 Å². The van der Waals surface area contributed by atoms with Crippen LogP contribution >= 0.6 is 23.2 Å². The molecule has 1 atom stereocenters. The predicted octanol–water partition coefficient (Wildman–Crippen LogP) is 2.25. The summed E-state index contributed by atoms with van der Waals surface area (Å²) in [5.41, 5.74) is 0. The second-order valence-corrected chi connectivity index (χ2v) is 3.70. The SMILES string of the molecule is [2H]C([2H])(Cl)N1C[C@@H](CC(F)(F)Cl)CC1=O. The Balaban J connectivity index is 2.61. The molecule has 1 amide bonds. The maximum atomic E-state index is 12.4. The molecule has 0 unspecified atom stereocenters. The molecular weight excluding hydrogens is 223 g/mol. The van der Waals surface area contributed by atoms with Crippen molar-refractivity contribution in [2.45, 2.75) is 18.2 Å². The number of nitrogens with zero attached hydrogens (tertiary/aromatic N) is 1. The van der Waals surface area contributed by atoms with Gasteiger partial charge < -0.3 is 4.90 Å². The van der Waals surface area contributed by atoms with E-state index in [4.69, 9.17) is 25.9 Å². The molecule has 0 N–H and O–H groups in total. The van der Waals surface area contributed by atoms with Crippen LogP contribution in [0, 0.1) is 5.92 Å². The standard InChI is InChI=1S/C7H9Cl2F2NO/c8-4-12-3-5(1-6(12)13)2-7(9,10)11/h5H,1-4H2/t5-/m1/s1/i4D2. The molecule has 13 heavy (non-hydrogen) atoms. The number of carbonyl (C=O) groups is 1. The molecule has 0 aromatic heterocycles. The van der Waals surface area contributed by atoms with Gasteiger partial charge in [-0.3, -0.25) is 4.79 Å². The van der Waals surface area contributed by atoms with Crippen LogP contribution in [0.15, 0.2) is 0 Å². The van der Waals surface area contributed by atoms with Crippen molar-refractivity contribution in [3.63, 3.8) is 0 Å². The van der Waals surface area contributed by atoms with Crippen LogP contribution in [0.4, 0.5) is 8.78 Å². The summed E-state index contributed by atoms with van der Waals surface area (Å²) in [5, 5.41) is -3.36. The normalized spacial score (nSPS) is 27.5. The monoisotopic (exact) mass is 233 g/mol. The molecule has 0 saturated carbocycles. The molecule has 76 valence electrons. The van der Waals surface area contributed by atoms with Crippen LogP contribution in [0.2, 0.25) is 0 Å². The summed E-state index contributed by atoms with van der Waals surface area (Å²) >= 11 is 10.0. The van der Waals surface area contributed by atoms with Gasteiger partial charge in [-0.1, -0.05) is 0 Å². The van der Waals surface area contributed by atoms with Crippen LogP contribution in [0.5, 0.6) is 0 Å². The molecular formula is C7H9Cl2F2NO. The molecule has 1 aliphatic rings. The fourth-order valence-corrected chi connectivity index (χ4v) is 1.71. The van der Waals surface area contributed by atoms with E-state index in [1.807, 2.05) is 0 Å². The average molecular weight is 234 g/mol. The highest BCUT2D eigenvalue weighted by molar-refractivity contribution is 6.21. The minimum Gasteiger partial charge on any atom is -0.329 e. The lowest BCUT2D eigenvalue weighted by Gasteiger charge is -2.14. The maximum Gasteiger partial charge on any atom is 0.322 e. The number of amides is 1. The number of carbonyl (C=O) groups excluding carboxylic acids is 1. The molecule has 6 heteroatoms. The first-order valence-corrected chi connectivity index (χ1v) is 4.41. The van der Waals surface area contributed by atoms with Crippen molar-refractivity contribution in [2.24, 2.45) is 5.92 Å². The summed E-state index contributed by atoms with van der Waals surface area (Å²) in [5.74, 6) is -3.55. The zero-order chi connectivity index (χ0) is 11.9. The van der Waals surface area contributed by atoms with Gasteiger partial charge in [0.15, 0.2) is 0 Å². The van der Waals surface area contributed by atoms with Gasteiger partial charge in [0, 0.05) is 19.4 Å². The molecule has 1 fully saturated rings. The van der Waals surface area contributed by atoms with Crippen LogP contribution in [0.3, 0.4) is 0 Å². The van der Waals surface area contributed by atoms with E-state index < -0.39 is 29.6 Å². The highest BCUT2D eigenvalue weighted by atomic mass is 35.5. The van der Waals surface area contributed by atoms with Crippen molar-refractivity contribution in [2.75, 3.05) is 12.5 Å². The van der Waals surface area contributed by atoms with Crippen molar-refractivity contribution in [3.8, 4) is 0 Å². The second kappa shape index (κ2) is 3.96. The summed E-state index contributed by atoms with van der Waals surface area (Å²) in [7, 11) is 0. The molecule has 0 aromatic rings. The fourth-order valence-electron chi connectivity index (χ4n) is 1.33. The van der Waals surface area contributed by atoms with E-state index in [-0.39, 0.29) is 13.0 Å². The van der Waals surface area contributed by atoms with Crippen LogP contribution in [0.25, 0.3) is 0 Å². The summed E-state index contributed by atoms with van der Waals surface area (Å²) in [6.07, 6.45) is -0.793. The lowest BCUT2D eigenvalue weighted by molar-refractivity contribution is -0.126. The van der Waals surface area contributed by atoms with E-state index in [9.17, 15) is 13.6 Å². The second-order valence-electron chi connectivity index (χ2n) is 2.98. The van der Waals surface area contributed by atoms with Gasteiger partial charge in [0.2, 0.25) is 5.91 Å². The van der Waals surface area contributed by atoms with Gasteiger partial charge in [0.25, 0.3) is 0 Å². The Hall–Kier alpha value is -0.0900. The van der Waals surface area contributed by atoms with Gasteiger partial charge in [-0.2, -0.15) is 8.78 Å². The highest BCUT2D eigenvalue weighted by Crippen LogP contribution is 2.32. The van der Waals surface area contributed by atoms with E-state index in [1.54, 1.807) is 0 Å². The number of alkyl halides is 4. The molecule has 0 spiro atoms. The minimum atomic E-state index is -3.36. The van der Waals surface area contributed by atoms with Gasteiger partial charge in [-0.25, -0.2) is 0 Å². The van der Waals surface area contributed by atoms with Crippen molar-refractivity contribution in [1.82, 2.24) is 4.90 Å². The van der Waals surface area contributed by atoms with Crippen LogP contribution in [0.1, 0.15) is 15.6 Å². The third kappa shape index (κ3) is 3.27. The van der Waals surface area contributed by atoms with Gasteiger partial charge in [-0.05, 0) is 17.5 Å². The highest BCUT2D eigenvalue weighted by Gasteiger charge is 2.36. The summed E-state index contributed by atoms with van der Waals surface area (Å²) in [6.45, 7) is -0.127. The third-order valence-corrected chi connectivity index (χ3v) is 2.19. The van der Waals surface area contributed by atoms with Crippen LogP contribution in [-0.4, -0.2) is 28.7 Å². The minimum absolute atomic E-state index is 0.127. The molecule has 1 saturated heterocycles. The number of likely N-dealkylation sites (tertiary alicyclic amines) is 1. The first-order valence-electron chi connectivity index (χ1n) is 4.66. The lowest BCUT2D eigenvalue weighted by Crippen LogP contribution is -2.24. The molecule has 1 heterocycles. The molecule has 0 bridgehead atoms. The van der Waals surface area contributed by atoms with E-state index in [0.29, 0.717) is 0 Å². The summed E-state index contributed by atoms with van der Waals surface area (Å²) in [6, 6.07) is 0. The van der Waals surface area contributed by atoms with E-state index in [0.717, 1.165) is 4.90 Å². The first-order chi connectivity index (χ1) is 6.59. The third-order valence-electron chi connectivity index (χ3n) is 1.83. The first kappa shape index (κ1) is 8.24. The van der Waals surface area contributed by atoms with Crippen molar-refractivity contribution in [1.29, 1.82) is 0 Å². The zero-order valence-electron chi connectivity index (χ0n) is 8.57. The van der Waals surface area contributed by atoms with Gasteiger partial charge >= 0.3 is 5.38 Å². The Morgan fingerprint density at radius 1 is 1.77 bits per heavy atom. The molecule has 1 rings (SSSR count). The Morgan fingerprint density at radius 3 is 2.77 bits per heavy atom. The Kier molecular flexibility index (Phi) is 2.51. The van der Waals surface area contributed by atoms with Gasteiger partial charge in [0.1, 0.15) is 0 Å². The van der Waals surface area contributed by atoms with Crippen LogP contribution < -0.4 is 0 Å². The Morgan fingerprint density at radius 2 is 2.38 bits per heavy atom. The van der Waals surface area contributed by atoms with Crippen molar-refractivity contribution >= 4 is 29.1 Å². The molecule has 0 aliphatic carbocycles. The lowest BCUT2D eigenvalue weighted by atomic mass is 10.1. The smallest absolute Gasteiger partial charge is 0.322 e. The van der Waals surface area contributed by atoms with Gasteiger partial charge in [-0.15, -0.1) is 11.6 Å². The average Bonchev–Trinajstić information content (AvgIpc) is 2.25. The summed E-state index contributed by atoms with van der Waals surface area (Å²) < 4.78 is 39.1. The number of rotatable bonds is 3. The predicted molar refractivity (Wildman–Crippen MR) is 46.0 cm³/mol. The Labute approximate surface area is 87.6 Å². The molecule has 1 aliphatic heterocycles. The van der Waals surface area contributed by atoms with E-state index in [2.05, 4.69) is 0 Å². The quantitative estimate of drug-likeness (QED) is 0.541. The molecule has 0 radical (unpaired) electrons. The van der Waals surface area contributed by atoms with Gasteiger partial charge in [0.05, 0.1) is 8.70 Å². The number of hydrogen-bond donors (Lipinski definition) is 0. The number of halogens is 4. The largest absolute Gasteiger partial charge is 0.329 e.